The van der Waals surface area contributed by atoms with E-state index in [0.29, 0.717) is 23.8 Å². The Balaban J connectivity index is 2.17. The van der Waals surface area contributed by atoms with Crippen molar-refractivity contribution in [3.8, 4) is 0 Å². The van der Waals surface area contributed by atoms with E-state index in [1.807, 2.05) is 20.9 Å². The molecule has 0 spiro atoms. The Hall–Kier alpha value is -2.64. The van der Waals surface area contributed by atoms with Gasteiger partial charge in [-0.25, -0.2) is 9.48 Å². The minimum atomic E-state index is -0.397. The van der Waals surface area contributed by atoms with Gasteiger partial charge in [0.05, 0.1) is 18.4 Å². The minimum absolute atomic E-state index is 0.318. The quantitative estimate of drug-likeness (QED) is 0.857. The molecule has 1 aliphatic heterocycles. The molecule has 1 N–H and O–H groups in total. The van der Waals surface area contributed by atoms with Crippen LogP contribution < -0.4 is 5.32 Å². The van der Waals surface area contributed by atoms with Crippen molar-refractivity contribution in [1.82, 2.24) is 24.5 Å². The summed E-state index contributed by atoms with van der Waals surface area (Å²) in [7, 11) is 1.86. The van der Waals surface area contributed by atoms with Crippen molar-refractivity contribution in [2.75, 3.05) is 11.9 Å². The van der Waals surface area contributed by atoms with E-state index in [1.165, 1.54) is 6.33 Å². The number of nitrogens with one attached hydrogen (secondary N) is 1. The Morgan fingerprint density at radius 3 is 2.82 bits per heavy atom. The van der Waals surface area contributed by atoms with Crippen molar-refractivity contribution in [3.63, 3.8) is 0 Å². The molecule has 0 fully saturated rings. The van der Waals surface area contributed by atoms with Crippen LogP contribution in [0.25, 0.3) is 0 Å². The first kappa shape index (κ1) is 14.3. The van der Waals surface area contributed by atoms with Crippen LogP contribution in [0.2, 0.25) is 0 Å². The van der Waals surface area contributed by atoms with E-state index < -0.39 is 6.04 Å². The van der Waals surface area contributed by atoms with Crippen molar-refractivity contribution >= 4 is 11.9 Å². The van der Waals surface area contributed by atoms with Gasteiger partial charge in [-0.15, -0.1) is 0 Å². The fourth-order valence-corrected chi connectivity index (χ4v) is 2.64. The van der Waals surface area contributed by atoms with Gasteiger partial charge in [-0.3, -0.25) is 4.68 Å². The molecule has 3 heterocycles. The number of rotatable bonds is 3. The number of nitrogens with zero attached hydrogens (tertiary/aromatic N) is 5. The Labute approximate surface area is 127 Å². The van der Waals surface area contributed by atoms with Gasteiger partial charge < -0.3 is 10.1 Å². The fraction of sp³-hybridized carbons (Fsp3) is 0.429. The number of fused-ring (bicyclic) bond motifs is 1. The maximum absolute atomic E-state index is 12.4. The van der Waals surface area contributed by atoms with Gasteiger partial charge in [0.1, 0.15) is 12.4 Å². The van der Waals surface area contributed by atoms with Gasteiger partial charge in [0, 0.05) is 24.0 Å². The summed E-state index contributed by atoms with van der Waals surface area (Å²) in [6.45, 7) is 5.90. The first-order valence-corrected chi connectivity index (χ1v) is 7.07. The van der Waals surface area contributed by atoms with Gasteiger partial charge in [0.15, 0.2) is 0 Å². The van der Waals surface area contributed by atoms with E-state index in [-0.39, 0.29) is 5.97 Å². The summed E-state index contributed by atoms with van der Waals surface area (Å²) >= 11 is 0. The second-order valence-corrected chi connectivity index (χ2v) is 5.12. The molecule has 1 unspecified atom stereocenters. The molecule has 22 heavy (non-hydrogen) atoms. The summed E-state index contributed by atoms with van der Waals surface area (Å²) in [5, 5.41) is 11.6. The van der Waals surface area contributed by atoms with Gasteiger partial charge in [-0.05, 0) is 20.8 Å². The van der Waals surface area contributed by atoms with Crippen LogP contribution in [0.15, 0.2) is 23.8 Å². The predicted molar refractivity (Wildman–Crippen MR) is 79.1 cm³/mol. The molecule has 3 rings (SSSR count). The highest BCUT2D eigenvalue weighted by Gasteiger charge is 2.35. The SMILES string of the molecule is CCOC(=O)C1=C(C)Nc2ncnn2C1c1cnn(C)c1C. The number of ether oxygens (including phenoxy) is 1. The number of aromatic nitrogens is 5. The lowest BCUT2D eigenvalue weighted by Gasteiger charge is -2.27. The van der Waals surface area contributed by atoms with E-state index >= 15 is 0 Å². The molecule has 0 aliphatic carbocycles. The molecule has 2 aromatic heterocycles. The minimum Gasteiger partial charge on any atom is -0.463 e. The smallest absolute Gasteiger partial charge is 0.338 e. The normalized spacial score (nSPS) is 17.2. The fourth-order valence-electron chi connectivity index (χ4n) is 2.64. The molecule has 0 aromatic carbocycles. The van der Waals surface area contributed by atoms with Crippen molar-refractivity contribution in [2.45, 2.75) is 26.8 Å². The lowest BCUT2D eigenvalue weighted by atomic mass is 9.96. The molecule has 0 saturated heterocycles. The number of carbonyl (C=O) groups is 1. The summed E-state index contributed by atoms with van der Waals surface area (Å²) < 4.78 is 8.67. The van der Waals surface area contributed by atoms with Gasteiger partial charge in [-0.1, -0.05) is 0 Å². The summed E-state index contributed by atoms with van der Waals surface area (Å²) in [6.07, 6.45) is 3.21. The summed E-state index contributed by atoms with van der Waals surface area (Å²) in [6, 6.07) is -0.397. The van der Waals surface area contributed by atoms with Crippen molar-refractivity contribution in [3.05, 3.63) is 35.1 Å². The zero-order valence-electron chi connectivity index (χ0n) is 13.0. The van der Waals surface area contributed by atoms with Crippen LogP contribution in [0.3, 0.4) is 0 Å². The zero-order valence-corrected chi connectivity index (χ0v) is 13.0. The molecular formula is C14H18N6O2. The Bertz CT molecular complexity index is 757. The predicted octanol–water partition coefficient (Wildman–Crippen LogP) is 1.17. The number of allylic oxidation sites excluding steroid dienone is 1. The van der Waals surface area contributed by atoms with E-state index in [4.69, 9.17) is 4.74 Å². The monoisotopic (exact) mass is 302 g/mol. The third-order valence-corrected chi connectivity index (χ3v) is 3.86. The maximum Gasteiger partial charge on any atom is 0.338 e. The molecule has 0 saturated carbocycles. The topological polar surface area (TPSA) is 86.9 Å². The van der Waals surface area contributed by atoms with E-state index in [9.17, 15) is 4.79 Å². The molecule has 116 valence electrons. The molecule has 1 aliphatic rings. The highest BCUT2D eigenvalue weighted by molar-refractivity contribution is 5.92. The number of carbonyl (C=O) groups excluding carboxylic acids is 1. The van der Waals surface area contributed by atoms with Crippen molar-refractivity contribution < 1.29 is 9.53 Å². The van der Waals surface area contributed by atoms with Gasteiger partial charge in [-0.2, -0.15) is 15.2 Å². The second-order valence-electron chi connectivity index (χ2n) is 5.12. The first-order chi connectivity index (χ1) is 10.5. The molecule has 2 aromatic rings. The summed E-state index contributed by atoms with van der Waals surface area (Å²) in [5.41, 5.74) is 3.10. The molecule has 0 bridgehead atoms. The Kier molecular flexibility index (Phi) is 3.44. The molecule has 1 atom stereocenters. The number of esters is 1. The van der Waals surface area contributed by atoms with Crippen LogP contribution in [-0.4, -0.2) is 37.1 Å². The molecule has 0 amide bonds. The molecular weight excluding hydrogens is 284 g/mol. The standard InChI is InChI=1S/C14H18N6O2/c1-5-22-13(21)11-8(2)18-14-15-7-17-20(14)12(11)10-6-16-19(4)9(10)3/h6-7,12H,5H2,1-4H3,(H,15,17,18). The van der Waals surface area contributed by atoms with Crippen LogP contribution in [0.5, 0.6) is 0 Å². The first-order valence-electron chi connectivity index (χ1n) is 7.07. The van der Waals surface area contributed by atoms with E-state index in [1.54, 1.807) is 22.5 Å². The lowest BCUT2D eigenvalue weighted by Crippen LogP contribution is -2.30. The van der Waals surface area contributed by atoms with Gasteiger partial charge in [0.2, 0.25) is 5.95 Å². The second kappa shape index (κ2) is 5.28. The lowest BCUT2D eigenvalue weighted by molar-refractivity contribution is -0.139. The number of hydrogen-bond donors (Lipinski definition) is 1. The Morgan fingerprint density at radius 2 is 2.18 bits per heavy atom. The average molecular weight is 302 g/mol. The van der Waals surface area contributed by atoms with Crippen molar-refractivity contribution in [2.24, 2.45) is 7.05 Å². The number of anilines is 1. The van der Waals surface area contributed by atoms with Crippen LogP contribution in [0, 0.1) is 6.92 Å². The molecule has 8 nitrogen and oxygen atoms in total. The van der Waals surface area contributed by atoms with Crippen molar-refractivity contribution in [1.29, 1.82) is 0 Å². The average Bonchev–Trinajstić information content (AvgIpc) is 3.06. The number of aryl methyl sites for hydroxylation is 1. The Morgan fingerprint density at radius 1 is 1.41 bits per heavy atom. The maximum atomic E-state index is 12.4. The number of hydrogen-bond acceptors (Lipinski definition) is 6. The van der Waals surface area contributed by atoms with Crippen LogP contribution >= 0.6 is 0 Å². The third kappa shape index (κ3) is 2.07. The van der Waals surface area contributed by atoms with Crippen LogP contribution in [0.1, 0.15) is 31.1 Å². The largest absolute Gasteiger partial charge is 0.463 e. The zero-order chi connectivity index (χ0) is 15.9. The molecule has 0 radical (unpaired) electrons. The van der Waals surface area contributed by atoms with Crippen LogP contribution in [-0.2, 0) is 16.6 Å². The highest BCUT2D eigenvalue weighted by Crippen LogP contribution is 2.36. The highest BCUT2D eigenvalue weighted by atomic mass is 16.5. The van der Waals surface area contributed by atoms with Crippen LogP contribution in [0.4, 0.5) is 5.95 Å². The molecule has 8 heteroatoms. The third-order valence-electron chi connectivity index (χ3n) is 3.86. The van der Waals surface area contributed by atoms with E-state index in [2.05, 4.69) is 20.5 Å². The van der Waals surface area contributed by atoms with Gasteiger partial charge >= 0.3 is 5.97 Å². The summed E-state index contributed by atoms with van der Waals surface area (Å²) in [4.78, 5) is 16.6. The van der Waals surface area contributed by atoms with Gasteiger partial charge in [0.25, 0.3) is 0 Å². The summed E-state index contributed by atoms with van der Waals surface area (Å²) in [5.74, 6) is 0.237. The van der Waals surface area contributed by atoms with E-state index in [0.717, 1.165) is 11.3 Å².